The summed E-state index contributed by atoms with van der Waals surface area (Å²) < 4.78 is 17.8. The zero-order valence-corrected chi connectivity index (χ0v) is 11.9. The number of hydrogen-bond donors (Lipinski definition) is 0. The summed E-state index contributed by atoms with van der Waals surface area (Å²) in [7, 11) is 0.250. The Balaban J connectivity index is 3.15. The molecular formula is C11H14ClNO4S. The molecule has 0 spiro atoms. The fraction of sp³-hybridized carbons (Fsp3) is 0.455. The van der Waals surface area contributed by atoms with Crippen molar-refractivity contribution in [3.8, 4) is 0 Å². The van der Waals surface area contributed by atoms with Crippen molar-refractivity contribution in [1.29, 1.82) is 0 Å². The average molecular weight is 292 g/mol. The van der Waals surface area contributed by atoms with Crippen LogP contribution in [0.15, 0.2) is 11.0 Å². The van der Waals surface area contributed by atoms with Crippen molar-refractivity contribution in [3.05, 3.63) is 17.5 Å². The molecule has 0 aliphatic heterocycles. The second-order valence-electron chi connectivity index (χ2n) is 3.62. The number of aromatic nitrogens is 1. The van der Waals surface area contributed by atoms with Gasteiger partial charge in [0.05, 0.1) is 28.7 Å². The molecule has 0 aromatic carbocycles. The van der Waals surface area contributed by atoms with Gasteiger partial charge in [-0.25, -0.2) is 0 Å². The zero-order chi connectivity index (χ0) is 13.9. The van der Waals surface area contributed by atoms with E-state index in [1.807, 2.05) is 0 Å². The second kappa shape index (κ2) is 6.15. The van der Waals surface area contributed by atoms with Gasteiger partial charge in [-0.05, 0) is 24.6 Å². The largest absolute Gasteiger partial charge is 0.466 e. The van der Waals surface area contributed by atoms with E-state index in [-0.39, 0.29) is 18.7 Å². The van der Waals surface area contributed by atoms with Gasteiger partial charge in [0.2, 0.25) is 0 Å². The summed E-state index contributed by atoms with van der Waals surface area (Å²) in [6.45, 7) is 2.00. The molecule has 1 heterocycles. The normalized spacial score (nSPS) is 12.2. The van der Waals surface area contributed by atoms with Crippen LogP contribution in [0, 0.1) is 0 Å². The maximum Gasteiger partial charge on any atom is 0.311 e. The zero-order valence-electron chi connectivity index (χ0n) is 10.4. The Morgan fingerprint density at radius 1 is 1.50 bits per heavy atom. The molecule has 1 rings (SSSR count). The predicted molar refractivity (Wildman–Crippen MR) is 68.3 cm³/mol. The van der Waals surface area contributed by atoms with Crippen LogP contribution in [-0.4, -0.2) is 32.9 Å². The minimum atomic E-state index is -1.35. The van der Waals surface area contributed by atoms with E-state index in [0.717, 1.165) is 0 Å². The molecule has 1 unspecified atom stereocenters. The fourth-order valence-corrected chi connectivity index (χ4v) is 2.69. The van der Waals surface area contributed by atoms with E-state index in [0.29, 0.717) is 10.6 Å². The van der Waals surface area contributed by atoms with Crippen molar-refractivity contribution in [3.63, 3.8) is 0 Å². The lowest BCUT2D eigenvalue weighted by atomic mass is 10.3. The molecule has 1 aromatic heterocycles. The van der Waals surface area contributed by atoms with Crippen LogP contribution in [0.1, 0.15) is 23.1 Å². The molecule has 0 saturated heterocycles. The summed E-state index contributed by atoms with van der Waals surface area (Å²) in [6.07, 6.45) is 1.46. The van der Waals surface area contributed by atoms with Crippen molar-refractivity contribution in [2.24, 2.45) is 7.05 Å². The summed E-state index contributed by atoms with van der Waals surface area (Å²) in [6, 6.07) is 1.54. The molecule has 100 valence electrons. The Bertz CT molecular complexity index is 509. The van der Waals surface area contributed by atoms with Gasteiger partial charge in [-0.15, -0.1) is 0 Å². The molecule has 0 aliphatic rings. The van der Waals surface area contributed by atoms with E-state index in [9.17, 15) is 13.8 Å². The van der Waals surface area contributed by atoms with Gasteiger partial charge in [0.1, 0.15) is 5.69 Å². The third-order valence-electron chi connectivity index (χ3n) is 2.42. The van der Waals surface area contributed by atoms with Gasteiger partial charge >= 0.3 is 5.97 Å². The highest BCUT2D eigenvalue weighted by Crippen LogP contribution is 2.20. The summed E-state index contributed by atoms with van der Waals surface area (Å²) in [4.78, 5) is 23.0. The third-order valence-corrected chi connectivity index (χ3v) is 3.53. The first-order chi connectivity index (χ1) is 8.38. The monoisotopic (exact) mass is 291 g/mol. The Hall–Kier alpha value is -1.14. The van der Waals surface area contributed by atoms with Crippen LogP contribution in [0.4, 0.5) is 0 Å². The van der Waals surface area contributed by atoms with E-state index < -0.39 is 22.0 Å². The smallest absolute Gasteiger partial charge is 0.311 e. The lowest BCUT2D eigenvalue weighted by Crippen LogP contribution is -2.12. The van der Waals surface area contributed by atoms with Crippen LogP contribution in [0.5, 0.6) is 0 Å². The standard InChI is InChI=1S/C11H14ClNO4S/c1-4-17-9(14)6-7-5-8(18(3)16)10(11(12)15)13(7)2/h5H,4,6H2,1-3H3. The maximum absolute atomic E-state index is 11.5. The number of carbonyl (C=O) groups excluding carboxylic acids is 2. The molecule has 1 atom stereocenters. The van der Waals surface area contributed by atoms with E-state index in [1.54, 1.807) is 20.0 Å². The van der Waals surface area contributed by atoms with Crippen molar-refractivity contribution in [1.82, 2.24) is 4.57 Å². The Morgan fingerprint density at radius 2 is 2.11 bits per heavy atom. The molecular weight excluding hydrogens is 278 g/mol. The Labute approximate surface area is 113 Å². The van der Waals surface area contributed by atoms with E-state index in [2.05, 4.69) is 0 Å². The summed E-state index contributed by atoms with van der Waals surface area (Å²) in [5.41, 5.74) is 0.694. The maximum atomic E-state index is 11.5. The van der Waals surface area contributed by atoms with Crippen molar-refractivity contribution in [2.45, 2.75) is 18.2 Å². The Morgan fingerprint density at radius 3 is 2.50 bits per heavy atom. The topological polar surface area (TPSA) is 65.4 Å². The first-order valence-electron chi connectivity index (χ1n) is 5.26. The molecule has 5 nitrogen and oxygen atoms in total. The van der Waals surface area contributed by atoms with Gasteiger partial charge in [0, 0.05) is 19.0 Å². The molecule has 0 fully saturated rings. The number of rotatable bonds is 5. The highest BCUT2D eigenvalue weighted by atomic mass is 35.5. The van der Waals surface area contributed by atoms with E-state index in [4.69, 9.17) is 16.3 Å². The Kier molecular flexibility index (Phi) is 5.10. The SMILES string of the molecule is CCOC(=O)Cc1cc(S(C)=O)c(C(=O)Cl)n1C. The van der Waals surface area contributed by atoms with E-state index >= 15 is 0 Å². The predicted octanol–water partition coefficient (Wildman–Crippen LogP) is 1.25. The van der Waals surface area contributed by atoms with E-state index in [1.165, 1.54) is 10.8 Å². The summed E-state index contributed by atoms with van der Waals surface area (Å²) in [5, 5.41) is -0.696. The molecule has 0 bridgehead atoms. The number of carbonyl (C=O) groups is 2. The van der Waals surface area contributed by atoms with Crippen molar-refractivity contribution < 1.29 is 18.5 Å². The van der Waals surface area contributed by atoms with Gasteiger partial charge in [-0.3, -0.25) is 13.8 Å². The lowest BCUT2D eigenvalue weighted by Gasteiger charge is -2.05. The molecule has 1 aromatic rings. The molecule has 0 radical (unpaired) electrons. The second-order valence-corrected chi connectivity index (χ2v) is 5.31. The van der Waals surface area contributed by atoms with Crippen LogP contribution in [0.2, 0.25) is 0 Å². The third kappa shape index (κ3) is 3.20. The van der Waals surface area contributed by atoms with Gasteiger partial charge < -0.3 is 9.30 Å². The highest BCUT2D eigenvalue weighted by molar-refractivity contribution is 7.84. The fourth-order valence-electron chi connectivity index (χ4n) is 1.60. The first-order valence-corrected chi connectivity index (χ1v) is 7.19. The quantitative estimate of drug-likeness (QED) is 0.605. The minimum absolute atomic E-state index is 0.0126. The molecule has 0 amide bonds. The number of halogens is 1. The lowest BCUT2D eigenvalue weighted by molar-refractivity contribution is -0.142. The molecule has 18 heavy (non-hydrogen) atoms. The first kappa shape index (κ1) is 14.9. The van der Waals surface area contributed by atoms with Crippen LogP contribution in [0.25, 0.3) is 0 Å². The number of nitrogens with zero attached hydrogens (tertiary/aromatic N) is 1. The van der Waals surface area contributed by atoms with Crippen LogP contribution in [-0.2, 0) is 33.8 Å². The number of esters is 1. The van der Waals surface area contributed by atoms with Gasteiger partial charge in [0.15, 0.2) is 0 Å². The summed E-state index contributed by atoms with van der Waals surface area (Å²) in [5.74, 6) is -0.403. The van der Waals surface area contributed by atoms with Crippen LogP contribution >= 0.6 is 11.6 Å². The molecule has 0 saturated carbocycles. The number of hydrogen-bond acceptors (Lipinski definition) is 4. The number of ether oxygens (including phenoxy) is 1. The highest BCUT2D eigenvalue weighted by Gasteiger charge is 2.21. The van der Waals surface area contributed by atoms with Crippen LogP contribution in [0.3, 0.4) is 0 Å². The van der Waals surface area contributed by atoms with Gasteiger partial charge in [-0.1, -0.05) is 0 Å². The molecule has 0 aliphatic carbocycles. The van der Waals surface area contributed by atoms with Gasteiger partial charge in [-0.2, -0.15) is 0 Å². The molecule has 7 heteroatoms. The van der Waals surface area contributed by atoms with Crippen molar-refractivity contribution >= 4 is 33.6 Å². The van der Waals surface area contributed by atoms with Crippen molar-refractivity contribution in [2.75, 3.05) is 12.9 Å². The average Bonchev–Trinajstić information content (AvgIpc) is 2.56. The summed E-state index contributed by atoms with van der Waals surface area (Å²) >= 11 is 5.46. The minimum Gasteiger partial charge on any atom is -0.466 e. The van der Waals surface area contributed by atoms with Gasteiger partial charge in [0.25, 0.3) is 5.24 Å². The molecule has 0 N–H and O–H groups in total. The van der Waals surface area contributed by atoms with Crippen LogP contribution < -0.4 is 0 Å².